The van der Waals surface area contributed by atoms with Gasteiger partial charge in [-0.1, -0.05) is 5.92 Å². The van der Waals surface area contributed by atoms with E-state index >= 15 is 0 Å². The zero-order valence-electron chi connectivity index (χ0n) is 15.7. The summed E-state index contributed by atoms with van der Waals surface area (Å²) in [6.07, 6.45) is 3.28. The maximum absolute atomic E-state index is 10.7. The summed E-state index contributed by atoms with van der Waals surface area (Å²) in [7, 11) is 0. The molecule has 148 valence electrons. The van der Waals surface area contributed by atoms with Crippen LogP contribution < -0.4 is 4.74 Å². The zero-order chi connectivity index (χ0) is 20.1. The van der Waals surface area contributed by atoms with Crippen LogP contribution in [0.15, 0.2) is 42.7 Å². The van der Waals surface area contributed by atoms with E-state index in [0.29, 0.717) is 29.3 Å². The van der Waals surface area contributed by atoms with E-state index in [1.165, 1.54) is 12.1 Å². The highest BCUT2D eigenvalue weighted by molar-refractivity contribution is 5.55. The lowest BCUT2D eigenvalue weighted by atomic mass is 10.2. The summed E-state index contributed by atoms with van der Waals surface area (Å²) in [4.78, 5) is 17.0. The molecule has 0 aliphatic carbocycles. The van der Waals surface area contributed by atoms with Crippen LogP contribution in [-0.4, -0.2) is 63.9 Å². The SMILES string of the molecule is O=[N+]([O-])c1ccc(C#Cc2cnc3c(OCCN4CCOCC4)ccnn23)cc1. The molecule has 1 aliphatic heterocycles. The van der Waals surface area contributed by atoms with Crippen molar-refractivity contribution < 1.29 is 14.4 Å². The Labute approximate surface area is 167 Å². The third-order valence-electron chi connectivity index (χ3n) is 4.55. The van der Waals surface area contributed by atoms with Gasteiger partial charge in [0.25, 0.3) is 5.69 Å². The lowest BCUT2D eigenvalue weighted by Crippen LogP contribution is -2.38. The van der Waals surface area contributed by atoms with E-state index in [1.54, 1.807) is 35.1 Å². The molecule has 3 aromatic rings. The normalized spacial score (nSPS) is 14.3. The predicted octanol–water partition coefficient (Wildman–Crippen LogP) is 1.75. The summed E-state index contributed by atoms with van der Waals surface area (Å²) in [6.45, 7) is 4.73. The standard InChI is InChI=1S/C20H19N5O4/c26-25(27)17-4-1-16(2-5-17)3-6-18-15-21-20-19(7-8-22-24(18)20)29-14-11-23-9-12-28-13-10-23/h1-2,4-5,7-8,15H,9-14H2. The number of nitro groups is 1. The molecule has 0 radical (unpaired) electrons. The molecule has 4 rings (SSSR count). The molecule has 0 atom stereocenters. The molecule has 9 nitrogen and oxygen atoms in total. The Morgan fingerprint density at radius 3 is 2.72 bits per heavy atom. The van der Waals surface area contributed by atoms with Crippen molar-refractivity contribution in [3.8, 4) is 17.6 Å². The van der Waals surface area contributed by atoms with E-state index in [1.807, 2.05) is 0 Å². The van der Waals surface area contributed by atoms with Gasteiger partial charge in [0.2, 0.25) is 0 Å². The molecular weight excluding hydrogens is 374 g/mol. The minimum absolute atomic E-state index is 0.0332. The van der Waals surface area contributed by atoms with E-state index in [4.69, 9.17) is 9.47 Å². The monoisotopic (exact) mass is 393 g/mol. The van der Waals surface area contributed by atoms with E-state index in [-0.39, 0.29) is 5.69 Å². The second-order valence-corrected chi connectivity index (χ2v) is 6.43. The smallest absolute Gasteiger partial charge is 0.269 e. The second-order valence-electron chi connectivity index (χ2n) is 6.43. The van der Waals surface area contributed by atoms with Crippen LogP contribution in [0.1, 0.15) is 11.3 Å². The molecule has 0 saturated carbocycles. The Morgan fingerprint density at radius 2 is 1.97 bits per heavy atom. The van der Waals surface area contributed by atoms with Gasteiger partial charge in [-0.05, 0) is 18.1 Å². The average molecular weight is 393 g/mol. The topological polar surface area (TPSA) is 95.0 Å². The van der Waals surface area contributed by atoms with Crippen LogP contribution in [0.25, 0.3) is 5.65 Å². The Hall–Kier alpha value is -3.48. The van der Waals surface area contributed by atoms with Crippen molar-refractivity contribution in [3.63, 3.8) is 0 Å². The van der Waals surface area contributed by atoms with Crippen LogP contribution in [-0.2, 0) is 4.74 Å². The molecule has 29 heavy (non-hydrogen) atoms. The van der Waals surface area contributed by atoms with Gasteiger partial charge in [0.15, 0.2) is 11.4 Å². The Kier molecular flexibility index (Phi) is 5.65. The summed E-state index contributed by atoms with van der Waals surface area (Å²) < 4.78 is 12.9. The average Bonchev–Trinajstić information content (AvgIpc) is 3.17. The molecule has 0 spiro atoms. The molecule has 1 fully saturated rings. The lowest BCUT2D eigenvalue weighted by molar-refractivity contribution is -0.384. The van der Waals surface area contributed by atoms with Crippen molar-refractivity contribution in [3.05, 3.63) is 64.1 Å². The molecule has 0 unspecified atom stereocenters. The summed E-state index contributed by atoms with van der Waals surface area (Å²) in [5, 5.41) is 15.0. The lowest BCUT2D eigenvalue weighted by Gasteiger charge is -2.26. The number of benzene rings is 1. The van der Waals surface area contributed by atoms with Crippen molar-refractivity contribution in [2.24, 2.45) is 0 Å². The van der Waals surface area contributed by atoms with E-state index in [0.717, 1.165) is 32.8 Å². The van der Waals surface area contributed by atoms with Crippen LogP contribution in [0, 0.1) is 22.0 Å². The summed E-state index contributed by atoms with van der Waals surface area (Å²) in [5.74, 6) is 6.64. The number of morpholine rings is 1. The number of imidazole rings is 1. The Morgan fingerprint density at radius 1 is 1.17 bits per heavy atom. The Balaban J connectivity index is 1.46. The van der Waals surface area contributed by atoms with Gasteiger partial charge in [-0.15, -0.1) is 0 Å². The number of nitrogens with zero attached hydrogens (tertiary/aromatic N) is 5. The van der Waals surface area contributed by atoms with Crippen molar-refractivity contribution in [2.75, 3.05) is 39.5 Å². The minimum Gasteiger partial charge on any atom is -0.488 e. The molecule has 3 heterocycles. The van der Waals surface area contributed by atoms with Crippen LogP contribution in [0.2, 0.25) is 0 Å². The van der Waals surface area contributed by atoms with Crippen LogP contribution in [0.3, 0.4) is 0 Å². The first-order chi connectivity index (χ1) is 14.2. The molecular formula is C20H19N5O4. The fourth-order valence-corrected chi connectivity index (χ4v) is 2.98. The van der Waals surface area contributed by atoms with E-state index in [9.17, 15) is 10.1 Å². The van der Waals surface area contributed by atoms with Gasteiger partial charge in [-0.2, -0.15) is 5.10 Å². The first-order valence-electron chi connectivity index (χ1n) is 9.23. The maximum atomic E-state index is 10.7. The largest absolute Gasteiger partial charge is 0.488 e. The molecule has 9 heteroatoms. The highest BCUT2D eigenvalue weighted by Crippen LogP contribution is 2.18. The molecule has 2 aromatic heterocycles. The molecule has 1 saturated heterocycles. The molecule has 1 aromatic carbocycles. The fourth-order valence-electron chi connectivity index (χ4n) is 2.98. The molecule has 0 bridgehead atoms. The minimum atomic E-state index is -0.438. The first-order valence-corrected chi connectivity index (χ1v) is 9.23. The Bertz CT molecular complexity index is 1060. The van der Waals surface area contributed by atoms with Gasteiger partial charge >= 0.3 is 0 Å². The second kappa shape index (κ2) is 8.68. The highest BCUT2D eigenvalue weighted by atomic mass is 16.6. The number of ether oxygens (including phenoxy) is 2. The van der Waals surface area contributed by atoms with Crippen LogP contribution in [0.4, 0.5) is 5.69 Å². The highest BCUT2D eigenvalue weighted by Gasteiger charge is 2.12. The summed E-state index contributed by atoms with van der Waals surface area (Å²) in [5.41, 5.74) is 1.91. The van der Waals surface area contributed by atoms with Gasteiger partial charge < -0.3 is 9.47 Å². The predicted molar refractivity (Wildman–Crippen MR) is 105 cm³/mol. The van der Waals surface area contributed by atoms with Crippen molar-refractivity contribution in [1.82, 2.24) is 19.5 Å². The molecule has 0 amide bonds. The number of hydrogen-bond donors (Lipinski definition) is 0. The quantitative estimate of drug-likeness (QED) is 0.370. The summed E-state index contributed by atoms with van der Waals surface area (Å²) >= 11 is 0. The van der Waals surface area contributed by atoms with Crippen molar-refractivity contribution >= 4 is 11.3 Å². The number of rotatable bonds is 5. The van der Waals surface area contributed by atoms with Gasteiger partial charge in [-0.3, -0.25) is 15.0 Å². The maximum Gasteiger partial charge on any atom is 0.269 e. The van der Waals surface area contributed by atoms with Gasteiger partial charge in [-0.25, -0.2) is 9.50 Å². The summed E-state index contributed by atoms with van der Waals surface area (Å²) in [6, 6.07) is 7.87. The fraction of sp³-hybridized carbons (Fsp3) is 0.300. The van der Waals surface area contributed by atoms with Gasteiger partial charge in [0.05, 0.1) is 30.5 Å². The van der Waals surface area contributed by atoms with Gasteiger partial charge in [0, 0.05) is 43.4 Å². The number of non-ortho nitro benzene ring substituents is 1. The van der Waals surface area contributed by atoms with E-state index in [2.05, 4.69) is 26.8 Å². The van der Waals surface area contributed by atoms with Crippen molar-refractivity contribution in [2.45, 2.75) is 0 Å². The van der Waals surface area contributed by atoms with Crippen LogP contribution >= 0.6 is 0 Å². The number of aromatic nitrogens is 3. The number of hydrogen-bond acceptors (Lipinski definition) is 7. The van der Waals surface area contributed by atoms with Crippen LogP contribution in [0.5, 0.6) is 5.75 Å². The number of fused-ring (bicyclic) bond motifs is 1. The zero-order valence-corrected chi connectivity index (χ0v) is 15.7. The number of nitro benzene ring substituents is 1. The van der Waals surface area contributed by atoms with Gasteiger partial charge in [0.1, 0.15) is 12.3 Å². The molecule has 1 aliphatic rings. The van der Waals surface area contributed by atoms with Crippen molar-refractivity contribution in [1.29, 1.82) is 0 Å². The third-order valence-corrected chi connectivity index (χ3v) is 4.55. The van der Waals surface area contributed by atoms with E-state index < -0.39 is 4.92 Å². The first kappa shape index (κ1) is 18.9. The molecule has 0 N–H and O–H groups in total. The third kappa shape index (κ3) is 4.51.